The molecule has 0 fully saturated rings. The van der Waals surface area contributed by atoms with E-state index in [1.54, 1.807) is 6.20 Å². The molecule has 6 heteroatoms. The number of halogens is 1. The van der Waals surface area contributed by atoms with Crippen LogP contribution in [-0.4, -0.2) is 15.0 Å². The van der Waals surface area contributed by atoms with Gasteiger partial charge in [0, 0.05) is 42.0 Å². The number of nitrogens with zero attached hydrogens (tertiary/aromatic N) is 3. The number of aromatic nitrogens is 3. The lowest BCUT2D eigenvalue weighted by atomic mass is 10.1. The molecule has 2 N–H and O–H groups in total. The van der Waals surface area contributed by atoms with Crippen molar-refractivity contribution in [2.24, 2.45) is 0 Å². The van der Waals surface area contributed by atoms with Gasteiger partial charge in [0.2, 0.25) is 0 Å². The molecule has 0 aliphatic heterocycles. The number of pyridine rings is 2. The molecule has 5 nitrogen and oxygen atoms in total. The second kappa shape index (κ2) is 7.48. The molecule has 4 rings (SSSR count). The third-order valence-corrected chi connectivity index (χ3v) is 4.60. The number of fused-ring (bicyclic) bond motifs is 1. The summed E-state index contributed by atoms with van der Waals surface area (Å²) in [6.45, 7) is 0.689. The molecule has 3 heterocycles. The van der Waals surface area contributed by atoms with Crippen molar-refractivity contribution >= 4 is 28.5 Å². The second-order valence-corrected chi connectivity index (χ2v) is 6.69. The molecule has 0 saturated carbocycles. The Balaban J connectivity index is 1.45. The van der Waals surface area contributed by atoms with E-state index in [2.05, 4.69) is 32.4 Å². The topological polar surface area (TPSA) is 77.4 Å². The Labute approximate surface area is 161 Å². The number of nitriles is 1. The van der Waals surface area contributed by atoms with E-state index < -0.39 is 0 Å². The van der Waals surface area contributed by atoms with Crippen LogP contribution in [0.3, 0.4) is 0 Å². The van der Waals surface area contributed by atoms with Gasteiger partial charge in [-0.05, 0) is 41.0 Å². The molecule has 0 saturated heterocycles. The summed E-state index contributed by atoms with van der Waals surface area (Å²) in [4.78, 5) is 11.9. The van der Waals surface area contributed by atoms with Gasteiger partial charge in [-0.2, -0.15) is 5.26 Å². The smallest absolute Gasteiger partial charge is 0.137 e. The van der Waals surface area contributed by atoms with E-state index in [9.17, 15) is 0 Å². The van der Waals surface area contributed by atoms with Crippen LogP contribution in [0.15, 0.2) is 61.1 Å². The first-order valence-corrected chi connectivity index (χ1v) is 8.88. The van der Waals surface area contributed by atoms with Crippen LogP contribution in [-0.2, 0) is 13.0 Å². The maximum absolute atomic E-state index is 9.07. The lowest BCUT2D eigenvalue weighted by molar-refractivity contribution is 1.09. The predicted octanol–water partition coefficient (Wildman–Crippen LogP) is 4.69. The number of hydrogen-bond donors (Lipinski definition) is 2. The predicted molar refractivity (Wildman–Crippen MR) is 107 cm³/mol. The maximum atomic E-state index is 9.07. The number of nitrogens with one attached hydrogen (secondary N) is 2. The SMILES string of the molecule is N#Cc1cnc2[nH]cc(Cc3ccc(NCc4ccc(Cl)cc4)nc3)c2c1. The van der Waals surface area contributed by atoms with Gasteiger partial charge in [-0.1, -0.05) is 29.8 Å². The Kier molecular flexibility index (Phi) is 4.73. The molecule has 0 amide bonds. The van der Waals surface area contributed by atoms with Crippen LogP contribution in [0.1, 0.15) is 22.3 Å². The fourth-order valence-electron chi connectivity index (χ4n) is 2.91. The van der Waals surface area contributed by atoms with Crippen molar-refractivity contribution in [3.63, 3.8) is 0 Å². The van der Waals surface area contributed by atoms with Crippen LogP contribution in [0, 0.1) is 11.3 Å². The van der Waals surface area contributed by atoms with Gasteiger partial charge in [0.15, 0.2) is 0 Å². The molecule has 27 heavy (non-hydrogen) atoms. The van der Waals surface area contributed by atoms with Gasteiger partial charge in [-0.3, -0.25) is 0 Å². The first-order valence-electron chi connectivity index (χ1n) is 8.50. The minimum atomic E-state index is 0.559. The lowest BCUT2D eigenvalue weighted by Gasteiger charge is -2.07. The van der Waals surface area contributed by atoms with Gasteiger partial charge in [-0.15, -0.1) is 0 Å². The van der Waals surface area contributed by atoms with Crippen LogP contribution in [0.25, 0.3) is 11.0 Å². The van der Waals surface area contributed by atoms with Crippen LogP contribution in [0.5, 0.6) is 0 Å². The van der Waals surface area contributed by atoms with Crippen molar-refractivity contribution in [2.75, 3.05) is 5.32 Å². The summed E-state index contributed by atoms with van der Waals surface area (Å²) in [5, 5.41) is 14.1. The van der Waals surface area contributed by atoms with E-state index in [0.29, 0.717) is 12.1 Å². The summed E-state index contributed by atoms with van der Waals surface area (Å²) in [7, 11) is 0. The van der Waals surface area contributed by atoms with Gasteiger partial charge in [0.05, 0.1) is 5.56 Å². The molecular formula is C21H16ClN5. The highest BCUT2D eigenvalue weighted by Crippen LogP contribution is 2.21. The summed E-state index contributed by atoms with van der Waals surface area (Å²) < 4.78 is 0. The number of anilines is 1. The van der Waals surface area contributed by atoms with E-state index in [-0.39, 0.29) is 0 Å². The summed E-state index contributed by atoms with van der Waals surface area (Å²) >= 11 is 5.90. The molecule has 0 aliphatic carbocycles. The van der Waals surface area contributed by atoms with Crippen molar-refractivity contribution < 1.29 is 0 Å². The normalized spacial score (nSPS) is 10.7. The zero-order valence-corrected chi connectivity index (χ0v) is 15.2. The lowest BCUT2D eigenvalue weighted by Crippen LogP contribution is -2.01. The zero-order valence-electron chi connectivity index (χ0n) is 14.4. The van der Waals surface area contributed by atoms with E-state index >= 15 is 0 Å². The first kappa shape index (κ1) is 17.1. The van der Waals surface area contributed by atoms with Gasteiger partial charge >= 0.3 is 0 Å². The molecule has 0 unspecified atom stereocenters. The second-order valence-electron chi connectivity index (χ2n) is 6.25. The third-order valence-electron chi connectivity index (χ3n) is 4.35. The van der Waals surface area contributed by atoms with E-state index in [1.807, 2.05) is 48.8 Å². The number of aromatic amines is 1. The Hall–Kier alpha value is -3.36. The van der Waals surface area contributed by atoms with Crippen LogP contribution in [0.4, 0.5) is 5.82 Å². The fraction of sp³-hybridized carbons (Fsp3) is 0.0952. The van der Waals surface area contributed by atoms with E-state index in [1.165, 1.54) is 0 Å². The van der Waals surface area contributed by atoms with Crippen LogP contribution < -0.4 is 5.32 Å². The molecule has 0 radical (unpaired) electrons. The summed E-state index contributed by atoms with van der Waals surface area (Å²) in [5.41, 5.74) is 4.68. The molecule has 4 aromatic rings. The number of benzene rings is 1. The molecule has 0 bridgehead atoms. The highest BCUT2D eigenvalue weighted by Gasteiger charge is 2.07. The van der Waals surface area contributed by atoms with Gasteiger partial charge in [-0.25, -0.2) is 9.97 Å². The average molecular weight is 374 g/mol. The third kappa shape index (κ3) is 3.91. The Morgan fingerprint density at radius 1 is 1.04 bits per heavy atom. The average Bonchev–Trinajstić information content (AvgIpc) is 3.10. The summed E-state index contributed by atoms with van der Waals surface area (Å²) in [6, 6.07) is 15.8. The highest BCUT2D eigenvalue weighted by molar-refractivity contribution is 6.30. The van der Waals surface area contributed by atoms with Gasteiger partial charge < -0.3 is 10.3 Å². The monoisotopic (exact) mass is 373 g/mol. The van der Waals surface area contributed by atoms with Crippen molar-refractivity contribution in [3.8, 4) is 6.07 Å². The van der Waals surface area contributed by atoms with Crippen LogP contribution in [0.2, 0.25) is 5.02 Å². The quantitative estimate of drug-likeness (QED) is 0.532. The van der Waals surface area contributed by atoms with E-state index in [4.69, 9.17) is 16.9 Å². The van der Waals surface area contributed by atoms with Crippen molar-refractivity contribution in [2.45, 2.75) is 13.0 Å². The van der Waals surface area contributed by atoms with Crippen molar-refractivity contribution in [3.05, 3.63) is 88.3 Å². The maximum Gasteiger partial charge on any atom is 0.137 e. The molecule has 0 spiro atoms. The van der Waals surface area contributed by atoms with E-state index in [0.717, 1.165) is 45.0 Å². The minimum absolute atomic E-state index is 0.559. The molecule has 0 aliphatic rings. The number of H-pyrrole nitrogens is 1. The molecule has 0 atom stereocenters. The minimum Gasteiger partial charge on any atom is -0.366 e. The highest BCUT2D eigenvalue weighted by atomic mass is 35.5. The molecular weight excluding hydrogens is 358 g/mol. The Morgan fingerprint density at radius 2 is 1.85 bits per heavy atom. The summed E-state index contributed by atoms with van der Waals surface area (Å²) in [6.07, 6.45) is 6.10. The first-order chi connectivity index (χ1) is 13.2. The fourth-order valence-corrected chi connectivity index (χ4v) is 3.04. The molecule has 1 aromatic carbocycles. The number of hydrogen-bond acceptors (Lipinski definition) is 4. The standard InChI is InChI=1S/C21H16ClN5/c22-18-4-1-14(2-5-18)10-24-20-6-3-15(11-25-20)7-17-13-27-21-19(17)8-16(9-23)12-26-21/h1-6,8,11-13H,7,10H2,(H,24,25)(H,26,27). The van der Waals surface area contributed by atoms with Gasteiger partial charge in [0.1, 0.15) is 17.5 Å². The number of rotatable bonds is 5. The van der Waals surface area contributed by atoms with Gasteiger partial charge in [0.25, 0.3) is 0 Å². The largest absolute Gasteiger partial charge is 0.366 e. The Morgan fingerprint density at radius 3 is 2.59 bits per heavy atom. The summed E-state index contributed by atoms with van der Waals surface area (Å²) in [5.74, 6) is 0.820. The van der Waals surface area contributed by atoms with Crippen molar-refractivity contribution in [1.29, 1.82) is 5.26 Å². The van der Waals surface area contributed by atoms with Crippen LogP contribution >= 0.6 is 11.6 Å². The Bertz CT molecular complexity index is 1110. The molecule has 3 aromatic heterocycles. The van der Waals surface area contributed by atoms with Crippen molar-refractivity contribution in [1.82, 2.24) is 15.0 Å². The molecule has 132 valence electrons. The zero-order chi connectivity index (χ0) is 18.6.